The van der Waals surface area contributed by atoms with Gasteiger partial charge in [0.2, 0.25) is 5.91 Å². The fourth-order valence-corrected chi connectivity index (χ4v) is 1.72. The van der Waals surface area contributed by atoms with Crippen molar-refractivity contribution in [3.05, 3.63) is 0 Å². The molecule has 70 valence electrons. The Bertz CT molecular complexity index is 158. The van der Waals surface area contributed by atoms with Crippen molar-refractivity contribution in [3.8, 4) is 0 Å². The quantitative estimate of drug-likeness (QED) is 0.650. The van der Waals surface area contributed by atoms with Gasteiger partial charge in [-0.05, 0) is 19.3 Å². The van der Waals surface area contributed by atoms with Gasteiger partial charge in [0.25, 0.3) is 0 Å². The summed E-state index contributed by atoms with van der Waals surface area (Å²) >= 11 is 0. The van der Waals surface area contributed by atoms with Crippen LogP contribution >= 0.6 is 0 Å². The molecule has 1 rings (SSSR count). The van der Waals surface area contributed by atoms with Gasteiger partial charge in [-0.25, -0.2) is 0 Å². The SMILES string of the molecule is CCC1(C(=O)NCCN)CCC1. The van der Waals surface area contributed by atoms with E-state index >= 15 is 0 Å². The van der Waals surface area contributed by atoms with Crippen molar-refractivity contribution in [2.75, 3.05) is 13.1 Å². The Hall–Kier alpha value is -0.570. The van der Waals surface area contributed by atoms with E-state index in [0.717, 1.165) is 19.3 Å². The first kappa shape index (κ1) is 9.52. The Kier molecular flexibility index (Phi) is 3.09. The maximum Gasteiger partial charge on any atom is 0.226 e. The third-order valence-corrected chi connectivity index (χ3v) is 2.90. The van der Waals surface area contributed by atoms with Crippen LogP contribution in [0, 0.1) is 5.41 Å². The number of carbonyl (C=O) groups excluding carboxylic acids is 1. The van der Waals surface area contributed by atoms with Gasteiger partial charge in [0.1, 0.15) is 0 Å². The number of hydrogen-bond donors (Lipinski definition) is 2. The summed E-state index contributed by atoms with van der Waals surface area (Å²) in [7, 11) is 0. The van der Waals surface area contributed by atoms with Crippen LogP contribution in [0.5, 0.6) is 0 Å². The summed E-state index contributed by atoms with van der Waals surface area (Å²) in [4.78, 5) is 11.6. The Morgan fingerprint density at radius 2 is 2.25 bits per heavy atom. The smallest absolute Gasteiger partial charge is 0.226 e. The lowest BCUT2D eigenvalue weighted by Crippen LogP contribution is -2.46. The Morgan fingerprint density at radius 3 is 2.58 bits per heavy atom. The minimum Gasteiger partial charge on any atom is -0.354 e. The number of rotatable bonds is 4. The van der Waals surface area contributed by atoms with E-state index in [1.165, 1.54) is 6.42 Å². The molecule has 0 bridgehead atoms. The van der Waals surface area contributed by atoms with Gasteiger partial charge in [-0.15, -0.1) is 0 Å². The molecule has 0 aromatic carbocycles. The zero-order valence-corrected chi connectivity index (χ0v) is 7.73. The molecule has 1 fully saturated rings. The van der Waals surface area contributed by atoms with Crippen molar-refractivity contribution in [2.24, 2.45) is 11.1 Å². The second-order valence-corrected chi connectivity index (χ2v) is 3.53. The van der Waals surface area contributed by atoms with E-state index < -0.39 is 0 Å². The van der Waals surface area contributed by atoms with Gasteiger partial charge >= 0.3 is 0 Å². The van der Waals surface area contributed by atoms with Crippen LogP contribution in [0.2, 0.25) is 0 Å². The molecule has 1 aliphatic carbocycles. The highest BCUT2D eigenvalue weighted by molar-refractivity contribution is 5.83. The summed E-state index contributed by atoms with van der Waals surface area (Å²) in [5.74, 6) is 0.210. The molecular formula is C9H18N2O. The Morgan fingerprint density at radius 1 is 1.58 bits per heavy atom. The van der Waals surface area contributed by atoms with E-state index in [0.29, 0.717) is 13.1 Å². The number of nitrogens with one attached hydrogen (secondary N) is 1. The number of hydrogen-bond acceptors (Lipinski definition) is 2. The van der Waals surface area contributed by atoms with Gasteiger partial charge in [0.05, 0.1) is 0 Å². The van der Waals surface area contributed by atoms with Crippen LogP contribution in [0.25, 0.3) is 0 Å². The molecule has 0 saturated heterocycles. The number of nitrogens with two attached hydrogens (primary N) is 1. The van der Waals surface area contributed by atoms with Crippen LogP contribution < -0.4 is 11.1 Å². The van der Waals surface area contributed by atoms with E-state index in [4.69, 9.17) is 5.73 Å². The van der Waals surface area contributed by atoms with Crippen molar-refractivity contribution < 1.29 is 4.79 Å². The molecule has 1 aliphatic rings. The van der Waals surface area contributed by atoms with Gasteiger partial charge in [-0.3, -0.25) is 4.79 Å². The van der Waals surface area contributed by atoms with E-state index in [1.807, 2.05) is 0 Å². The zero-order chi connectivity index (χ0) is 9.03. The van der Waals surface area contributed by atoms with Crippen molar-refractivity contribution in [3.63, 3.8) is 0 Å². The molecule has 0 aliphatic heterocycles. The van der Waals surface area contributed by atoms with Crippen LogP contribution in [-0.4, -0.2) is 19.0 Å². The minimum absolute atomic E-state index is 0.0326. The Balaban J connectivity index is 2.38. The van der Waals surface area contributed by atoms with E-state index in [2.05, 4.69) is 12.2 Å². The van der Waals surface area contributed by atoms with Crippen LogP contribution in [0.1, 0.15) is 32.6 Å². The summed E-state index contributed by atoms with van der Waals surface area (Å²) in [6, 6.07) is 0. The predicted molar refractivity (Wildman–Crippen MR) is 48.6 cm³/mol. The van der Waals surface area contributed by atoms with E-state index in [1.54, 1.807) is 0 Å². The maximum atomic E-state index is 11.6. The third-order valence-electron chi connectivity index (χ3n) is 2.90. The summed E-state index contributed by atoms with van der Waals surface area (Å²) < 4.78 is 0. The molecule has 0 radical (unpaired) electrons. The minimum atomic E-state index is -0.0326. The largest absolute Gasteiger partial charge is 0.354 e. The summed E-state index contributed by atoms with van der Waals surface area (Å²) in [6.45, 7) is 3.23. The average molecular weight is 170 g/mol. The molecule has 0 unspecified atom stereocenters. The summed E-state index contributed by atoms with van der Waals surface area (Å²) in [5.41, 5.74) is 5.27. The van der Waals surface area contributed by atoms with Gasteiger partial charge in [-0.2, -0.15) is 0 Å². The number of amides is 1. The standard InChI is InChI=1S/C9H18N2O/c1-2-9(4-3-5-9)8(12)11-7-6-10/h2-7,10H2,1H3,(H,11,12). The van der Waals surface area contributed by atoms with Crippen molar-refractivity contribution >= 4 is 5.91 Å². The summed E-state index contributed by atoms with van der Waals surface area (Å²) in [5, 5.41) is 2.86. The van der Waals surface area contributed by atoms with Gasteiger partial charge < -0.3 is 11.1 Å². The van der Waals surface area contributed by atoms with Crippen molar-refractivity contribution in [1.29, 1.82) is 0 Å². The van der Waals surface area contributed by atoms with Crippen LogP contribution in [0.4, 0.5) is 0 Å². The Labute approximate surface area is 73.7 Å². The molecule has 0 spiro atoms. The van der Waals surface area contributed by atoms with E-state index in [9.17, 15) is 4.79 Å². The second-order valence-electron chi connectivity index (χ2n) is 3.53. The van der Waals surface area contributed by atoms with Crippen molar-refractivity contribution in [1.82, 2.24) is 5.32 Å². The monoisotopic (exact) mass is 170 g/mol. The lowest BCUT2D eigenvalue weighted by Gasteiger charge is -2.39. The van der Waals surface area contributed by atoms with Crippen LogP contribution in [0.15, 0.2) is 0 Å². The van der Waals surface area contributed by atoms with Gasteiger partial charge in [0, 0.05) is 18.5 Å². The molecule has 0 aromatic rings. The average Bonchev–Trinajstić information content (AvgIpc) is 2.00. The molecule has 3 nitrogen and oxygen atoms in total. The molecule has 3 heteroatoms. The summed E-state index contributed by atoms with van der Waals surface area (Å²) in [6.07, 6.45) is 4.27. The van der Waals surface area contributed by atoms with Crippen molar-refractivity contribution in [2.45, 2.75) is 32.6 Å². The maximum absolute atomic E-state index is 11.6. The molecular weight excluding hydrogens is 152 g/mol. The zero-order valence-electron chi connectivity index (χ0n) is 7.73. The van der Waals surface area contributed by atoms with Gasteiger partial charge in [0.15, 0.2) is 0 Å². The first-order valence-corrected chi connectivity index (χ1v) is 4.73. The second kappa shape index (κ2) is 3.90. The lowest BCUT2D eigenvalue weighted by molar-refractivity contribution is -0.136. The lowest BCUT2D eigenvalue weighted by atomic mass is 9.66. The fourth-order valence-electron chi connectivity index (χ4n) is 1.72. The molecule has 1 amide bonds. The topological polar surface area (TPSA) is 55.1 Å². The molecule has 0 heterocycles. The van der Waals surface area contributed by atoms with E-state index in [-0.39, 0.29) is 11.3 Å². The van der Waals surface area contributed by atoms with Crippen LogP contribution in [-0.2, 0) is 4.79 Å². The van der Waals surface area contributed by atoms with Crippen LogP contribution in [0.3, 0.4) is 0 Å². The molecule has 0 atom stereocenters. The predicted octanol–water partition coefficient (Wildman–Crippen LogP) is 0.642. The molecule has 3 N–H and O–H groups in total. The molecule has 1 saturated carbocycles. The molecule has 12 heavy (non-hydrogen) atoms. The highest BCUT2D eigenvalue weighted by atomic mass is 16.2. The number of carbonyl (C=O) groups is 1. The first-order chi connectivity index (χ1) is 5.75. The highest BCUT2D eigenvalue weighted by Gasteiger charge is 2.41. The normalized spacial score (nSPS) is 19.8. The third kappa shape index (κ3) is 1.61. The highest BCUT2D eigenvalue weighted by Crippen LogP contribution is 2.43. The first-order valence-electron chi connectivity index (χ1n) is 4.73. The van der Waals surface area contributed by atoms with Gasteiger partial charge in [-0.1, -0.05) is 13.3 Å². The fraction of sp³-hybridized carbons (Fsp3) is 0.889. The molecule has 0 aromatic heterocycles.